The molecule has 0 aromatic heterocycles. The Labute approximate surface area is 179 Å². The molecule has 3 saturated carbocycles. The lowest BCUT2D eigenvalue weighted by molar-refractivity contribution is 0.0167. The molecule has 0 bridgehead atoms. The Hall–Kier alpha value is -0.160. The minimum Gasteiger partial charge on any atom is -0.185 e. The van der Waals surface area contributed by atoms with Gasteiger partial charge in [-0.3, -0.25) is 0 Å². The summed E-state index contributed by atoms with van der Waals surface area (Å²) in [4.78, 5) is 0. The molecule has 0 amide bonds. The van der Waals surface area contributed by atoms with Crippen molar-refractivity contribution in [3.63, 3.8) is 0 Å². The molecule has 0 radical (unpaired) electrons. The van der Waals surface area contributed by atoms with E-state index in [-0.39, 0.29) is 0 Å². The summed E-state index contributed by atoms with van der Waals surface area (Å²) in [6, 6.07) is 0. The van der Waals surface area contributed by atoms with Crippen LogP contribution in [-0.4, -0.2) is 5.25 Å². The second-order valence-corrected chi connectivity index (χ2v) is 13.2. The average Bonchev–Trinajstić information content (AvgIpc) is 2.68. The number of thiocyanates is 1. The van der Waals surface area contributed by atoms with E-state index in [1.165, 1.54) is 88.8 Å². The van der Waals surface area contributed by atoms with Crippen LogP contribution in [0.4, 0.5) is 0 Å². The van der Waals surface area contributed by atoms with Crippen LogP contribution >= 0.6 is 11.8 Å². The fourth-order valence-electron chi connectivity index (χ4n) is 7.12. The molecule has 1 nitrogen and oxygen atoms in total. The minimum absolute atomic E-state index is 0.498. The van der Waals surface area contributed by atoms with Crippen molar-refractivity contribution >= 4 is 11.8 Å². The molecule has 28 heavy (non-hydrogen) atoms. The van der Waals surface area contributed by atoms with E-state index >= 15 is 0 Å². The number of nitrogens with zero attached hydrogens (tertiary/aromatic N) is 1. The van der Waals surface area contributed by atoms with E-state index in [0.717, 1.165) is 29.6 Å². The monoisotopic (exact) mass is 403 g/mol. The van der Waals surface area contributed by atoms with E-state index in [9.17, 15) is 0 Å². The summed E-state index contributed by atoms with van der Waals surface area (Å²) in [5.74, 6) is 4.78. The molecule has 0 atom stereocenters. The zero-order valence-electron chi connectivity index (χ0n) is 19.3. The van der Waals surface area contributed by atoms with Crippen molar-refractivity contribution in [3.8, 4) is 5.40 Å². The Kier molecular flexibility index (Phi) is 7.50. The molecule has 3 aliphatic rings. The van der Waals surface area contributed by atoms with Crippen LogP contribution in [-0.2, 0) is 0 Å². The van der Waals surface area contributed by atoms with Crippen LogP contribution in [0.5, 0.6) is 0 Å². The molecule has 0 spiro atoms. The topological polar surface area (TPSA) is 23.8 Å². The number of hydrogen-bond acceptors (Lipinski definition) is 2. The predicted molar refractivity (Wildman–Crippen MR) is 123 cm³/mol. The molecule has 0 aromatic rings. The summed E-state index contributed by atoms with van der Waals surface area (Å²) in [5, 5.41) is 11.9. The van der Waals surface area contributed by atoms with Crippen LogP contribution < -0.4 is 0 Å². The van der Waals surface area contributed by atoms with Crippen molar-refractivity contribution in [1.29, 1.82) is 5.26 Å². The third-order valence-corrected chi connectivity index (χ3v) is 10.3. The van der Waals surface area contributed by atoms with Gasteiger partial charge in [0.15, 0.2) is 0 Å². The highest BCUT2D eigenvalue weighted by molar-refractivity contribution is 8.04. The lowest BCUT2D eigenvalue weighted by atomic mass is 9.57. The number of rotatable bonds is 4. The zero-order valence-corrected chi connectivity index (χ0v) is 20.1. The fourth-order valence-corrected chi connectivity index (χ4v) is 7.78. The molecule has 0 N–H and O–H groups in total. The molecule has 0 saturated heterocycles. The van der Waals surface area contributed by atoms with E-state index in [1.54, 1.807) is 0 Å². The van der Waals surface area contributed by atoms with Crippen molar-refractivity contribution in [2.24, 2.45) is 40.4 Å². The first-order chi connectivity index (χ1) is 13.2. The maximum atomic E-state index is 8.91. The Morgan fingerprint density at radius 1 is 0.607 bits per heavy atom. The van der Waals surface area contributed by atoms with Gasteiger partial charge in [-0.25, -0.2) is 0 Å². The SMILES string of the molecule is CC(C)(C)C1CCC(C(C)(C)C2CCC(C3CCC(SC#N)CC3)CC2)CC1. The molecule has 3 aliphatic carbocycles. The summed E-state index contributed by atoms with van der Waals surface area (Å²) < 4.78 is 0. The van der Waals surface area contributed by atoms with Crippen molar-refractivity contribution < 1.29 is 0 Å². The van der Waals surface area contributed by atoms with Crippen LogP contribution in [0.25, 0.3) is 0 Å². The largest absolute Gasteiger partial charge is 0.185 e. The first-order valence-corrected chi connectivity index (χ1v) is 13.1. The second kappa shape index (κ2) is 9.32. The van der Waals surface area contributed by atoms with Crippen molar-refractivity contribution in [2.75, 3.05) is 0 Å². The Bertz CT molecular complexity index is 516. The van der Waals surface area contributed by atoms with E-state index in [0.29, 0.717) is 16.1 Å². The molecule has 2 heteroatoms. The van der Waals surface area contributed by atoms with Gasteiger partial charge in [-0.2, -0.15) is 5.26 Å². The first kappa shape index (κ1) is 22.5. The second-order valence-electron chi connectivity index (χ2n) is 12.1. The van der Waals surface area contributed by atoms with Crippen molar-refractivity contribution in [2.45, 2.75) is 117 Å². The van der Waals surface area contributed by atoms with Gasteiger partial charge in [0.05, 0.1) is 0 Å². The van der Waals surface area contributed by atoms with E-state index in [1.807, 2.05) is 0 Å². The molecular weight excluding hydrogens is 358 g/mol. The molecule has 0 aliphatic heterocycles. The normalized spacial score (nSPS) is 38.0. The standard InChI is InChI=1S/C26H45NS/c1-25(2,3)21-12-14-23(15-13-21)26(4,5)22-10-6-19(7-11-22)20-8-16-24(17-9-20)28-18-27/h19-24H,6-17H2,1-5H3. The summed E-state index contributed by atoms with van der Waals surface area (Å²) in [7, 11) is 0. The molecule has 0 unspecified atom stereocenters. The molecule has 160 valence electrons. The van der Waals surface area contributed by atoms with Gasteiger partial charge in [0, 0.05) is 5.25 Å². The minimum atomic E-state index is 0.498. The van der Waals surface area contributed by atoms with Crippen LogP contribution in [0.1, 0.15) is 112 Å². The molecule has 0 aromatic carbocycles. The molecule has 3 rings (SSSR count). The Balaban J connectivity index is 1.46. The van der Waals surface area contributed by atoms with Gasteiger partial charge in [0.1, 0.15) is 5.40 Å². The van der Waals surface area contributed by atoms with Gasteiger partial charge in [-0.05, 0) is 129 Å². The van der Waals surface area contributed by atoms with Crippen LogP contribution in [0.3, 0.4) is 0 Å². The fraction of sp³-hybridized carbons (Fsp3) is 0.962. The average molecular weight is 404 g/mol. The van der Waals surface area contributed by atoms with Gasteiger partial charge in [0.2, 0.25) is 0 Å². The lowest BCUT2D eigenvalue weighted by Gasteiger charge is -2.49. The van der Waals surface area contributed by atoms with Gasteiger partial charge in [0.25, 0.3) is 0 Å². The highest BCUT2D eigenvalue weighted by atomic mass is 32.2. The molecular formula is C26H45NS. The predicted octanol–water partition coefficient (Wildman–Crippen LogP) is 8.44. The maximum absolute atomic E-state index is 8.91. The highest BCUT2D eigenvalue weighted by Crippen LogP contribution is 2.53. The van der Waals surface area contributed by atoms with Crippen LogP contribution in [0, 0.1) is 51.1 Å². The number of hydrogen-bond donors (Lipinski definition) is 0. The summed E-state index contributed by atoms with van der Waals surface area (Å²) >= 11 is 1.53. The summed E-state index contributed by atoms with van der Waals surface area (Å²) in [6.45, 7) is 12.6. The summed E-state index contributed by atoms with van der Waals surface area (Å²) in [6.07, 6.45) is 17.1. The first-order valence-electron chi connectivity index (χ1n) is 12.3. The zero-order chi connectivity index (χ0) is 20.4. The quantitative estimate of drug-likeness (QED) is 0.440. The van der Waals surface area contributed by atoms with Crippen LogP contribution in [0.15, 0.2) is 0 Å². The van der Waals surface area contributed by atoms with Gasteiger partial charge < -0.3 is 0 Å². The van der Waals surface area contributed by atoms with E-state index in [2.05, 4.69) is 40.0 Å². The third kappa shape index (κ3) is 5.30. The molecule has 0 heterocycles. The highest BCUT2D eigenvalue weighted by Gasteiger charge is 2.42. The molecule has 3 fully saturated rings. The Morgan fingerprint density at radius 2 is 1.00 bits per heavy atom. The van der Waals surface area contributed by atoms with E-state index < -0.39 is 0 Å². The number of nitriles is 1. The lowest BCUT2D eigenvalue weighted by Crippen LogP contribution is -2.39. The third-order valence-electron chi connectivity index (χ3n) is 9.43. The van der Waals surface area contributed by atoms with E-state index in [4.69, 9.17) is 5.26 Å². The number of thioether (sulfide) groups is 1. The van der Waals surface area contributed by atoms with Crippen LogP contribution in [0.2, 0.25) is 0 Å². The van der Waals surface area contributed by atoms with Gasteiger partial charge >= 0.3 is 0 Å². The smallest absolute Gasteiger partial charge is 0.133 e. The van der Waals surface area contributed by atoms with Gasteiger partial charge in [-0.1, -0.05) is 34.6 Å². The summed E-state index contributed by atoms with van der Waals surface area (Å²) in [5.41, 5.74) is 1.03. The maximum Gasteiger partial charge on any atom is 0.133 e. The van der Waals surface area contributed by atoms with Crippen molar-refractivity contribution in [1.82, 2.24) is 0 Å². The van der Waals surface area contributed by atoms with Crippen molar-refractivity contribution in [3.05, 3.63) is 0 Å². The van der Waals surface area contributed by atoms with Gasteiger partial charge in [-0.15, -0.1) is 0 Å². The Morgan fingerprint density at radius 3 is 1.43 bits per heavy atom.